The average Bonchev–Trinajstić information content (AvgIpc) is 2.79. The van der Waals surface area contributed by atoms with E-state index in [4.69, 9.17) is 10.5 Å². The predicted octanol–water partition coefficient (Wildman–Crippen LogP) is 2.50. The summed E-state index contributed by atoms with van der Waals surface area (Å²) in [6.45, 7) is 4.51. The monoisotopic (exact) mass is 231 g/mol. The number of para-hydroxylation sites is 1. The van der Waals surface area contributed by atoms with Crippen molar-refractivity contribution < 1.29 is 4.74 Å². The third kappa shape index (κ3) is 2.47. The summed E-state index contributed by atoms with van der Waals surface area (Å²) < 4.78 is 5.58. The molecule has 3 N–H and O–H groups in total. The Labute approximate surface area is 101 Å². The molecule has 2 aromatic rings. The first-order valence-corrected chi connectivity index (χ1v) is 5.75. The van der Waals surface area contributed by atoms with Gasteiger partial charge in [0.2, 0.25) is 0 Å². The Morgan fingerprint density at radius 3 is 2.82 bits per heavy atom. The fourth-order valence-electron chi connectivity index (χ4n) is 1.68. The Bertz CT molecular complexity index is 491. The third-order valence-corrected chi connectivity index (χ3v) is 2.50. The lowest BCUT2D eigenvalue weighted by Gasteiger charge is -2.08. The van der Waals surface area contributed by atoms with Gasteiger partial charge in [-0.05, 0) is 26.0 Å². The van der Waals surface area contributed by atoms with Crippen molar-refractivity contribution in [3.05, 3.63) is 36.3 Å². The first-order valence-electron chi connectivity index (χ1n) is 5.75. The van der Waals surface area contributed by atoms with Crippen molar-refractivity contribution in [2.45, 2.75) is 19.9 Å². The fraction of sp³-hybridized carbons (Fsp3) is 0.308. The standard InChI is InChI=1S/C13H17N3O/c1-3-17-12-7-5-4-6-10(12)11-8-15-13(16-11)9(2)14/h4-9H,3,14H2,1-2H3,(H,15,16). The minimum atomic E-state index is -0.0944. The van der Waals surface area contributed by atoms with E-state index in [1.54, 1.807) is 6.20 Å². The summed E-state index contributed by atoms with van der Waals surface area (Å²) in [7, 11) is 0. The molecule has 0 aliphatic rings. The number of nitrogens with two attached hydrogens (primary N) is 1. The molecule has 0 aliphatic heterocycles. The van der Waals surface area contributed by atoms with Crippen LogP contribution in [0.3, 0.4) is 0 Å². The van der Waals surface area contributed by atoms with Gasteiger partial charge in [0.15, 0.2) is 0 Å². The van der Waals surface area contributed by atoms with Crippen LogP contribution in [0.1, 0.15) is 25.7 Å². The molecule has 1 heterocycles. The number of nitrogens with zero attached hydrogens (tertiary/aromatic N) is 1. The highest BCUT2D eigenvalue weighted by Crippen LogP contribution is 2.28. The number of aromatic nitrogens is 2. The third-order valence-electron chi connectivity index (χ3n) is 2.50. The van der Waals surface area contributed by atoms with Gasteiger partial charge >= 0.3 is 0 Å². The second-order valence-corrected chi connectivity index (χ2v) is 3.90. The van der Waals surface area contributed by atoms with Crippen molar-refractivity contribution in [1.82, 2.24) is 9.97 Å². The molecule has 17 heavy (non-hydrogen) atoms. The van der Waals surface area contributed by atoms with Gasteiger partial charge in [-0.1, -0.05) is 12.1 Å². The van der Waals surface area contributed by atoms with Crippen LogP contribution in [0.2, 0.25) is 0 Å². The molecule has 0 saturated carbocycles. The van der Waals surface area contributed by atoms with Gasteiger partial charge in [0.25, 0.3) is 0 Å². The Morgan fingerprint density at radius 2 is 2.18 bits per heavy atom. The molecule has 1 aromatic carbocycles. The summed E-state index contributed by atoms with van der Waals surface area (Å²) in [5.74, 6) is 1.64. The lowest BCUT2D eigenvalue weighted by atomic mass is 10.1. The van der Waals surface area contributed by atoms with Gasteiger partial charge < -0.3 is 15.5 Å². The number of benzene rings is 1. The quantitative estimate of drug-likeness (QED) is 0.849. The Kier molecular flexibility index (Phi) is 3.44. The van der Waals surface area contributed by atoms with Crippen LogP contribution in [0.25, 0.3) is 11.3 Å². The van der Waals surface area contributed by atoms with E-state index >= 15 is 0 Å². The molecule has 90 valence electrons. The highest BCUT2D eigenvalue weighted by atomic mass is 16.5. The summed E-state index contributed by atoms with van der Waals surface area (Å²) in [4.78, 5) is 7.47. The number of nitrogens with one attached hydrogen (secondary N) is 1. The number of ether oxygens (including phenoxy) is 1. The Hall–Kier alpha value is -1.81. The van der Waals surface area contributed by atoms with Gasteiger partial charge in [-0.15, -0.1) is 0 Å². The number of hydrogen-bond acceptors (Lipinski definition) is 3. The highest BCUT2D eigenvalue weighted by Gasteiger charge is 2.10. The van der Waals surface area contributed by atoms with Gasteiger partial charge in [0, 0.05) is 5.56 Å². The summed E-state index contributed by atoms with van der Waals surface area (Å²) in [5, 5.41) is 0. The van der Waals surface area contributed by atoms with E-state index in [-0.39, 0.29) is 6.04 Å². The van der Waals surface area contributed by atoms with Gasteiger partial charge in [-0.3, -0.25) is 0 Å². The Balaban J connectivity index is 2.38. The molecule has 0 bridgehead atoms. The van der Waals surface area contributed by atoms with Crippen LogP contribution in [0.4, 0.5) is 0 Å². The topological polar surface area (TPSA) is 63.9 Å². The van der Waals surface area contributed by atoms with Gasteiger partial charge in [-0.2, -0.15) is 0 Å². The van der Waals surface area contributed by atoms with Crippen LogP contribution in [0.15, 0.2) is 30.5 Å². The minimum absolute atomic E-state index is 0.0944. The number of H-pyrrole nitrogens is 1. The van der Waals surface area contributed by atoms with Crippen LogP contribution in [0, 0.1) is 0 Å². The summed E-state index contributed by atoms with van der Waals surface area (Å²) in [6.07, 6.45) is 1.79. The molecule has 4 nitrogen and oxygen atoms in total. The zero-order chi connectivity index (χ0) is 12.3. The van der Waals surface area contributed by atoms with E-state index in [9.17, 15) is 0 Å². The van der Waals surface area contributed by atoms with E-state index in [0.29, 0.717) is 6.61 Å². The largest absolute Gasteiger partial charge is 0.493 e. The van der Waals surface area contributed by atoms with Crippen molar-refractivity contribution in [1.29, 1.82) is 0 Å². The second-order valence-electron chi connectivity index (χ2n) is 3.90. The van der Waals surface area contributed by atoms with Crippen molar-refractivity contribution in [2.75, 3.05) is 6.61 Å². The first-order chi connectivity index (χ1) is 8.22. The van der Waals surface area contributed by atoms with Crippen LogP contribution >= 0.6 is 0 Å². The maximum atomic E-state index is 5.78. The molecule has 0 aliphatic carbocycles. The molecule has 0 spiro atoms. The van der Waals surface area contributed by atoms with Crippen molar-refractivity contribution in [3.8, 4) is 17.0 Å². The van der Waals surface area contributed by atoms with Crippen molar-refractivity contribution in [3.63, 3.8) is 0 Å². The molecule has 0 amide bonds. The SMILES string of the molecule is CCOc1ccccc1-c1cnc(C(C)N)[nH]1. The average molecular weight is 231 g/mol. The Morgan fingerprint density at radius 1 is 1.41 bits per heavy atom. The normalized spacial score (nSPS) is 12.4. The molecule has 1 atom stereocenters. The minimum Gasteiger partial charge on any atom is -0.493 e. The number of imidazole rings is 1. The maximum Gasteiger partial charge on any atom is 0.128 e. The second kappa shape index (κ2) is 5.01. The van der Waals surface area contributed by atoms with E-state index in [1.165, 1.54) is 0 Å². The van der Waals surface area contributed by atoms with E-state index in [1.807, 2.05) is 38.1 Å². The molecule has 4 heteroatoms. The number of aromatic amines is 1. The van der Waals surface area contributed by atoms with E-state index < -0.39 is 0 Å². The van der Waals surface area contributed by atoms with Crippen molar-refractivity contribution >= 4 is 0 Å². The van der Waals surface area contributed by atoms with E-state index in [2.05, 4.69) is 9.97 Å². The van der Waals surface area contributed by atoms with Crippen LogP contribution in [-0.2, 0) is 0 Å². The zero-order valence-corrected chi connectivity index (χ0v) is 10.1. The lowest BCUT2D eigenvalue weighted by Crippen LogP contribution is -2.06. The van der Waals surface area contributed by atoms with Gasteiger partial charge in [-0.25, -0.2) is 4.98 Å². The fourth-order valence-corrected chi connectivity index (χ4v) is 1.68. The first kappa shape index (κ1) is 11.7. The van der Waals surface area contributed by atoms with Crippen LogP contribution in [0.5, 0.6) is 5.75 Å². The molecular weight excluding hydrogens is 214 g/mol. The molecular formula is C13H17N3O. The molecule has 0 saturated heterocycles. The lowest BCUT2D eigenvalue weighted by molar-refractivity contribution is 0.341. The summed E-state index contributed by atoms with van der Waals surface area (Å²) >= 11 is 0. The maximum absolute atomic E-state index is 5.78. The smallest absolute Gasteiger partial charge is 0.128 e. The molecule has 2 rings (SSSR count). The van der Waals surface area contributed by atoms with Crippen LogP contribution < -0.4 is 10.5 Å². The van der Waals surface area contributed by atoms with Crippen LogP contribution in [-0.4, -0.2) is 16.6 Å². The van der Waals surface area contributed by atoms with Crippen molar-refractivity contribution in [2.24, 2.45) is 5.73 Å². The molecule has 1 aromatic heterocycles. The highest BCUT2D eigenvalue weighted by molar-refractivity contribution is 5.66. The summed E-state index contributed by atoms with van der Waals surface area (Å²) in [5.41, 5.74) is 7.72. The molecule has 0 fully saturated rings. The number of rotatable bonds is 4. The predicted molar refractivity (Wildman–Crippen MR) is 67.8 cm³/mol. The summed E-state index contributed by atoms with van der Waals surface area (Å²) in [6, 6.07) is 7.79. The van der Waals surface area contributed by atoms with E-state index in [0.717, 1.165) is 22.8 Å². The zero-order valence-electron chi connectivity index (χ0n) is 10.1. The number of hydrogen-bond donors (Lipinski definition) is 2. The van der Waals surface area contributed by atoms with Gasteiger partial charge in [0.1, 0.15) is 11.6 Å². The molecule has 1 unspecified atom stereocenters. The molecule has 0 radical (unpaired) electrons. The van der Waals surface area contributed by atoms with Gasteiger partial charge in [0.05, 0.1) is 24.5 Å².